The average molecular weight is 237 g/mol. The van der Waals surface area contributed by atoms with Crippen LogP contribution in [-0.4, -0.2) is 21.6 Å². The van der Waals surface area contributed by atoms with Crippen molar-refractivity contribution in [2.75, 3.05) is 0 Å². The number of benzene rings is 2. The van der Waals surface area contributed by atoms with Crippen molar-refractivity contribution in [3.8, 4) is 17.2 Å². The van der Waals surface area contributed by atoms with Gasteiger partial charge in [-0.25, -0.2) is 4.98 Å². The lowest BCUT2D eigenvalue weighted by molar-refractivity contribution is 0.594. The van der Waals surface area contributed by atoms with Crippen molar-refractivity contribution in [3.63, 3.8) is 0 Å². The summed E-state index contributed by atoms with van der Waals surface area (Å²) in [5, 5.41) is 0. The Hall–Kier alpha value is -1.76. The lowest BCUT2D eigenvalue weighted by Crippen LogP contribution is -1.88. The SMILES string of the molecule is [Al][O]c1ccccc1-c1nc2ccccc2o1. The molecule has 0 N–H and O–H groups in total. The van der Waals surface area contributed by atoms with E-state index in [1.54, 1.807) is 0 Å². The monoisotopic (exact) mass is 237 g/mol. The van der Waals surface area contributed by atoms with Gasteiger partial charge in [0.2, 0.25) is 5.89 Å². The largest absolute Gasteiger partial charge is 0.653 e. The molecule has 0 saturated heterocycles. The van der Waals surface area contributed by atoms with Crippen molar-refractivity contribution in [2.24, 2.45) is 0 Å². The van der Waals surface area contributed by atoms with Crippen molar-refractivity contribution in [1.82, 2.24) is 4.98 Å². The molecule has 0 saturated carbocycles. The summed E-state index contributed by atoms with van der Waals surface area (Å²) < 4.78 is 10.9. The summed E-state index contributed by atoms with van der Waals surface area (Å²) in [6.07, 6.45) is 0. The molecule has 3 rings (SSSR count). The summed E-state index contributed by atoms with van der Waals surface area (Å²) in [6, 6.07) is 15.3. The number of rotatable bonds is 2. The lowest BCUT2D eigenvalue weighted by Gasteiger charge is -2.06. The van der Waals surface area contributed by atoms with Gasteiger partial charge in [-0.2, -0.15) is 0 Å². The van der Waals surface area contributed by atoms with Crippen LogP contribution >= 0.6 is 0 Å². The first kappa shape index (κ1) is 10.4. The molecule has 0 amide bonds. The Kier molecular flexibility index (Phi) is 2.60. The van der Waals surface area contributed by atoms with E-state index in [2.05, 4.69) is 21.6 Å². The highest BCUT2D eigenvalue weighted by Crippen LogP contribution is 2.30. The van der Waals surface area contributed by atoms with Gasteiger partial charge in [0.25, 0.3) is 0 Å². The number of hydrogen-bond donors (Lipinski definition) is 0. The Labute approximate surface area is 107 Å². The fraction of sp³-hybridized carbons (Fsp3) is 0. The molecule has 0 spiro atoms. The molecule has 0 unspecified atom stereocenters. The van der Waals surface area contributed by atoms with E-state index in [1.807, 2.05) is 48.5 Å². The maximum atomic E-state index is 5.70. The zero-order chi connectivity index (χ0) is 11.7. The molecule has 0 fully saturated rings. The Bertz CT molecular complexity index is 630. The average Bonchev–Trinajstić information content (AvgIpc) is 2.82. The first-order valence-electron chi connectivity index (χ1n) is 5.20. The molecule has 1 heterocycles. The molecule has 80 valence electrons. The second-order valence-electron chi connectivity index (χ2n) is 3.60. The number of para-hydroxylation sites is 3. The van der Waals surface area contributed by atoms with E-state index in [0.717, 1.165) is 22.4 Å². The first-order valence-corrected chi connectivity index (χ1v) is 5.67. The van der Waals surface area contributed by atoms with Gasteiger partial charge in [0, 0.05) is 0 Å². The van der Waals surface area contributed by atoms with Gasteiger partial charge in [-0.1, -0.05) is 24.3 Å². The molecule has 2 radical (unpaired) electrons. The van der Waals surface area contributed by atoms with Gasteiger partial charge >= 0.3 is 16.6 Å². The van der Waals surface area contributed by atoms with Crippen LogP contribution in [0.2, 0.25) is 0 Å². The van der Waals surface area contributed by atoms with Crippen LogP contribution in [0.3, 0.4) is 0 Å². The van der Waals surface area contributed by atoms with Gasteiger partial charge in [0.05, 0.1) is 11.3 Å². The summed E-state index contributed by atoms with van der Waals surface area (Å²) >= 11 is 2.24. The molecule has 0 aliphatic rings. The fourth-order valence-corrected chi connectivity index (χ4v) is 1.94. The van der Waals surface area contributed by atoms with E-state index >= 15 is 0 Å². The van der Waals surface area contributed by atoms with Gasteiger partial charge in [0.15, 0.2) is 5.58 Å². The number of oxazole rings is 1. The number of nitrogens with zero attached hydrogens (tertiary/aromatic N) is 1. The van der Waals surface area contributed by atoms with Crippen LogP contribution in [0, 0.1) is 0 Å². The van der Waals surface area contributed by atoms with Crippen LogP contribution in [0.1, 0.15) is 0 Å². The molecule has 0 aliphatic heterocycles. The second kappa shape index (κ2) is 4.25. The highest BCUT2D eigenvalue weighted by atomic mass is 27.1. The van der Waals surface area contributed by atoms with E-state index in [1.165, 1.54) is 0 Å². The third-order valence-electron chi connectivity index (χ3n) is 2.54. The van der Waals surface area contributed by atoms with E-state index in [0.29, 0.717) is 5.89 Å². The van der Waals surface area contributed by atoms with E-state index in [4.69, 9.17) is 8.21 Å². The van der Waals surface area contributed by atoms with E-state index in [9.17, 15) is 0 Å². The van der Waals surface area contributed by atoms with Gasteiger partial charge in [0.1, 0.15) is 5.52 Å². The van der Waals surface area contributed by atoms with Crippen molar-refractivity contribution >= 4 is 27.7 Å². The van der Waals surface area contributed by atoms with Crippen molar-refractivity contribution in [3.05, 3.63) is 48.5 Å². The molecule has 1 aromatic heterocycles. The topological polar surface area (TPSA) is 35.3 Å². The van der Waals surface area contributed by atoms with Crippen LogP contribution < -0.4 is 3.79 Å². The van der Waals surface area contributed by atoms with Crippen LogP contribution in [0.5, 0.6) is 5.75 Å². The van der Waals surface area contributed by atoms with Crippen molar-refractivity contribution in [1.29, 1.82) is 0 Å². The Morgan fingerprint density at radius 3 is 2.59 bits per heavy atom. The van der Waals surface area contributed by atoms with Gasteiger partial charge in [-0.15, -0.1) is 0 Å². The Morgan fingerprint density at radius 2 is 1.76 bits per heavy atom. The highest BCUT2D eigenvalue weighted by Gasteiger charge is 2.11. The molecular formula is C13H8AlNO2. The Morgan fingerprint density at radius 1 is 1.00 bits per heavy atom. The summed E-state index contributed by atoms with van der Waals surface area (Å²) in [4.78, 5) is 4.44. The van der Waals surface area contributed by atoms with Crippen molar-refractivity contribution in [2.45, 2.75) is 0 Å². The minimum Gasteiger partial charge on any atom is -0.653 e. The van der Waals surface area contributed by atoms with Crippen LogP contribution in [0.4, 0.5) is 0 Å². The molecule has 3 nitrogen and oxygen atoms in total. The maximum absolute atomic E-state index is 5.70. The van der Waals surface area contributed by atoms with Gasteiger partial charge in [-0.05, 0) is 24.3 Å². The first-order chi connectivity index (χ1) is 8.38. The highest BCUT2D eigenvalue weighted by molar-refractivity contribution is 6.00. The van der Waals surface area contributed by atoms with Crippen LogP contribution in [0.15, 0.2) is 52.9 Å². The molecule has 2 aromatic carbocycles. The normalized spacial score (nSPS) is 10.6. The predicted molar refractivity (Wildman–Crippen MR) is 65.8 cm³/mol. The third-order valence-corrected chi connectivity index (χ3v) is 2.79. The van der Waals surface area contributed by atoms with Crippen molar-refractivity contribution < 1.29 is 8.21 Å². The summed E-state index contributed by atoms with van der Waals surface area (Å²) in [6.45, 7) is 0. The van der Waals surface area contributed by atoms with E-state index in [-0.39, 0.29) is 0 Å². The molecule has 4 heteroatoms. The molecule has 0 atom stereocenters. The summed E-state index contributed by atoms with van der Waals surface area (Å²) in [5.41, 5.74) is 2.47. The molecule has 17 heavy (non-hydrogen) atoms. The standard InChI is InChI=1S/C13H9NO2.Al/c15-11-7-3-1-5-9(11)13-14-10-6-2-4-8-12(10)16-13;/h1-8,15H;/q;+1/p-1. The summed E-state index contributed by atoms with van der Waals surface area (Å²) in [7, 11) is 0. The quantitative estimate of drug-likeness (QED) is 0.643. The number of fused-ring (bicyclic) bond motifs is 1. The molecule has 0 aliphatic carbocycles. The third kappa shape index (κ3) is 1.82. The minimum atomic E-state index is 0.573. The zero-order valence-corrected chi connectivity index (χ0v) is 10.1. The molecule has 0 bridgehead atoms. The lowest BCUT2D eigenvalue weighted by atomic mass is 10.2. The minimum absolute atomic E-state index is 0.573. The smallest absolute Gasteiger partial charge is 0.482 e. The second-order valence-corrected chi connectivity index (χ2v) is 3.84. The number of hydrogen-bond acceptors (Lipinski definition) is 3. The zero-order valence-electron chi connectivity index (χ0n) is 8.96. The van der Waals surface area contributed by atoms with Gasteiger partial charge in [-0.3, -0.25) is 0 Å². The molecule has 3 aromatic rings. The number of aromatic nitrogens is 1. The van der Waals surface area contributed by atoms with Crippen LogP contribution in [-0.2, 0) is 0 Å². The van der Waals surface area contributed by atoms with Gasteiger partial charge < -0.3 is 8.21 Å². The van der Waals surface area contributed by atoms with Crippen LogP contribution in [0.25, 0.3) is 22.6 Å². The maximum Gasteiger partial charge on any atom is 0.482 e. The fourth-order valence-electron chi connectivity index (χ4n) is 1.73. The van der Waals surface area contributed by atoms with E-state index < -0.39 is 0 Å². The Balaban J connectivity index is 2.20. The summed E-state index contributed by atoms with van der Waals surface area (Å²) in [5.74, 6) is 1.30. The predicted octanol–water partition coefficient (Wildman–Crippen LogP) is 2.96. The molecular weight excluding hydrogens is 229 g/mol.